The summed E-state index contributed by atoms with van der Waals surface area (Å²) in [5.41, 5.74) is 0.503. The summed E-state index contributed by atoms with van der Waals surface area (Å²) in [5, 5.41) is 8.83. The van der Waals surface area contributed by atoms with Crippen molar-refractivity contribution < 1.29 is 14.3 Å². The van der Waals surface area contributed by atoms with Crippen LogP contribution in [0.2, 0.25) is 0 Å². The van der Waals surface area contributed by atoms with E-state index >= 15 is 0 Å². The maximum atomic E-state index is 13.5. The van der Waals surface area contributed by atoms with Crippen molar-refractivity contribution in [3.63, 3.8) is 0 Å². The third-order valence-corrected chi connectivity index (χ3v) is 3.59. The Morgan fingerprint density at radius 1 is 1.33 bits per heavy atom. The third kappa shape index (κ3) is 2.68. The van der Waals surface area contributed by atoms with Crippen LogP contribution in [0.25, 0.3) is 0 Å². The van der Waals surface area contributed by atoms with Gasteiger partial charge in [0.2, 0.25) is 0 Å². The number of carboxylic acid groups (broad SMARTS) is 1. The van der Waals surface area contributed by atoms with Gasteiger partial charge >= 0.3 is 5.97 Å². The molecule has 0 atom stereocenters. The van der Waals surface area contributed by atoms with Gasteiger partial charge in [0.15, 0.2) is 0 Å². The van der Waals surface area contributed by atoms with E-state index in [1.54, 1.807) is 42.3 Å². The van der Waals surface area contributed by atoms with Crippen molar-refractivity contribution in [3.8, 4) is 0 Å². The fourth-order valence-electron chi connectivity index (χ4n) is 1.66. The molecule has 0 aliphatic heterocycles. The Morgan fingerprint density at radius 3 is 2.67 bits per heavy atom. The van der Waals surface area contributed by atoms with Gasteiger partial charge in [0.25, 0.3) is 0 Å². The second-order valence-electron chi connectivity index (χ2n) is 3.88. The molecule has 0 fully saturated rings. The molecule has 2 aromatic rings. The molecular formula is C13H12FNO2S. The van der Waals surface area contributed by atoms with Crippen LogP contribution in [0.1, 0.15) is 14.5 Å². The van der Waals surface area contributed by atoms with E-state index in [1.807, 2.05) is 0 Å². The highest BCUT2D eigenvalue weighted by atomic mass is 32.1. The zero-order valence-electron chi connectivity index (χ0n) is 9.76. The van der Waals surface area contributed by atoms with Gasteiger partial charge < -0.3 is 10.0 Å². The van der Waals surface area contributed by atoms with E-state index < -0.39 is 5.97 Å². The first-order chi connectivity index (χ1) is 8.58. The average molecular weight is 265 g/mol. The maximum absolute atomic E-state index is 13.5. The molecule has 5 heteroatoms. The molecule has 0 aliphatic rings. The molecule has 3 nitrogen and oxygen atoms in total. The Hall–Kier alpha value is -1.88. The lowest BCUT2D eigenvalue weighted by molar-refractivity contribution is 0.0702. The molecule has 18 heavy (non-hydrogen) atoms. The summed E-state index contributed by atoms with van der Waals surface area (Å²) in [4.78, 5) is 13.7. The number of carbonyl (C=O) groups is 1. The largest absolute Gasteiger partial charge is 0.477 e. The van der Waals surface area contributed by atoms with E-state index in [-0.39, 0.29) is 5.82 Å². The molecule has 0 saturated heterocycles. The molecule has 1 aromatic heterocycles. The summed E-state index contributed by atoms with van der Waals surface area (Å²) in [6.07, 6.45) is 0. The predicted molar refractivity (Wildman–Crippen MR) is 69.8 cm³/mol. The minimum Gasteiger partial charge on any atom is -0.477 e. The van der Waals surface area contributed by atoms with Gasteiger partial charge in [0, 0.05) is 11.9 Å². The van der Waals surface area contributed by atoms with E-state index in [4.69, 9.17) is 5.11 Å². The van der Waals surface area contributed by atoms with Crippen molar-refractivity contribution >= 4 is 23.0 Å². The van der Waals surface area contributed by atoms with Crippen molar-refractivity contribution in [2.45, 2.75) is 6.54 Å². The molecule has 0 saturated carbocycles. The topological polar surface area (TPSA) is 40.5 Å². The standard InChI is InChI=1S/C13H12FNO2S/c1-15(11-5-3-2-4-10(11)14)8-9-6-7-12(18-9)13(16)17/h2-7H,8H2,1H3,(H,16,17). The molecule has 0 radical (unpaired) electrons. The summed E-state index contributed by atoms with van der Waals surface area (Å²) in [7, 11) is 1.78. The van der Waals surface area contributed by atoms with Crippen molar-refractivity contribution in [3.05, 3.63) is 52.0 Å². The number of rotatable bonds is 4. The first-order valence-electron chi connectivity index (χ1n) is 5.35. The Balaban J connectivity index is 2.13. The van der Waals surface area contributed by atoms with Gasteiger partial charge in [-0.1, -0.05) is 12.1 Å². The monoisotopic (exact) mass is 265 g/mol. The summed E-state index contributed by atoms with van der Waals surface area (Å²) in [6, 6.07) is 9.83. The number of halogens is 1. The van der Waals surface area contributed by atoms with E-state index in [1.165, 1.54) is 17.4 Å². The number of carboxylic acids is 1. The van der Waals surface area contributed by atoms with E-state index in [9.17, 15) is 9.18 Å². The van der Waals surface area contributed by atoms with Crippen LogP contribution in [-0.2, 0) is 6.54 Å². The van der Waals surface area contributed by atoms with Crippen LogP contribution in [0, 0.1) is 5.82 Å². The predicted octanol–water partition coefficient (Wildman–Crippen LogP) is 3.22. The van der Waals surface area contributed by atoms with E-state index in [0.717, 1.165) is 4.88 Å². The molecule has 0 bridgehead atoms. The molecular weight excluding hydrogens is 253 g/mol. The van der Waals surface area contributed by atoms with Crippen LogP contribution < -0.4 is 4.90 Å². The lowest BCUT2D eigenvalue weighted by Crippen LogP contribution is -2.16. The highest BCUT2D eigenvalue weighted by Gasteiger charge is 2.11. The van der Waals surface area contributed by atoms with E-state index in [0.29, 0.717) is 17.1 Å². The number of hydrogen-bond donors (Lipinski definition) is 1. The lowest BCUT2D eigenvalue weighted by atomic mass is 10.3. The minimum atomic E-state index is -0.931. The number of aromatic carboxylic acids is 1. The molecule has 0 amide bonds. The second-order valence-corrected chi connectivity index (χ2v) is 5.05. The van der Waals surface area contributed by atoms with Crippen LogP contribution in [0.5, 0.6) is 0 Å². The van der Waals surface area contributed by atoms with Gasteiger partial charge in [-0.3, -0.25) is 0 Å². The van der Waals surface area contributed by atoms with Gasteiger partial charge in [-0.15, -0.1) is 11.3 Å². The van der Waals surface area contributed by atoms with Gasteiger partial charge in [-0.2, -0.15) is 0 Å². The summed E-state index contributed by atoms with van der Waals surface area (Å²) in [6.45, 7) is 0.485. The molecule has 1 N–H and O–H groups in total. The molecule has 0 spiro atoms. The van der Waals surface area contributed by atoms with Gasteiger partial charge in [0.05, 0.1) is 12.2 Å². The minimum absolute atomic E-state index is 0.282. The zero-order chi connectivity index (χ0) is 13.1. The Kier molecular flexibility index (Phi) is 3.62. The summed E-state index contributed by atoms with van der Waals surface area (Å²) in [5.74, 6) is -1.21. The van der Waals surface area contributed by atoms with Crippen molar-refractivity contribution in [2.75, 3.05) is 11.9 Å². The maximum Gasteiger partial charge on any atom is 0.345 e. The van der Waals surface area contributed by atoms with Crippen LogP contribution in [0.4, 0.5) is 10.1 Å². The van der Waals surface area contributed by atoms with Gasteiger partial charge in [-0.05, 0) is 24.3 Å². The summed E-state index contributed by atoms with van der Waals surface area (Å²) >= 11 is 1.21. The molecule has 2 rings (SSSR count). The highest BCUT2D eigenvalue weighted by Crippen LogP contribution is 2.23. The molecule has 0 aliphatic carbocycles. The van der Waals surface area contributed by atoms with Crippen molar-refractivity contribution in [1.82, 2.24) is 0 Å². The van der Waals surface area contributed by atoms with Crippen LogP contribution in [-0.4, -0.2) is 18.1 Å². The average Bonchev–Trinajstić information content (AvgIpc) is 2.78. The zero-order valence-corrected chi connectivity index (χ0v) is 10.6. The van der Waals surface area contributed by atoms with Crippen LogP contribution in [0.3, 0.4) is 0 Å². The van der Waals surface area contributed by atoms with E-state index in [2.05, 4.69) is 0 Å². The number of nitrogens with zero attached hydrogens (tertiary/aromatic N) is 1. The quantitative estimate of drug-likeness (QED) is 0.922. The number of anilines is 1. The van der Waals surface area contributed by atoms with Crippen molar-refractivity contribution in [1.29, 1.82) is 0 Å². The Bertz CT molecular complexity index is 568. The smallest absolute Gasteiger partial charge is 0.345 e. The molecule has 1 heterocycles. The number of para-hydroxylation sites is 1. The highest BCUT2D eigenvalue weighted by molar-refractivity contribution is 7.13. The molecule has 1 aromatic carbocycles. The first kappa shape index (κ1) is 12.6. The number of hydrogen-bond acceptors (Lipinski definition) is 3. The summed E-state index contributed by atoms with van der Waals surface area (Å²) < 4.78 is 13.5. The fourth-order valence-corrected chi connectivity index (χ4v) is 2.56. The molecule has 94 valence electrons. The fraction of sp³-hybridized carbons (Fsp3) is 0.154. The first-order valence-corrected chi connectivity index (χ1v) is 6.17. The normalized spacial score (nSPS) is 10.3. The number of benzene rings is 1. The van der Waals surface area contributed by atoms with Crippen LogP contribution in [0.15, 0.2) is 36.4 Å². The van der Waals surface area contributed by atoms with Gasteiger partial charge in [0.1, 0.15) is 10.7 Å². The van der Waals surface area contributed by atoms with Crippen molar-refractivity contribution in [2.24, 2.45) is 0 Å². The van der Waals surface area contributed by atoms with Crippen LogP contribution >= 0.6 is 11.3 Å². The Labute approximate surface area is 108 Å². The third-order valence-electron chi connectivity index (χ3n) is 2.53. The lowest BCUT2D eigenvalue weighted by Gasteiger charge is -2.18. The number of thiophene rings is 1. The SMILES string of the molecule is CN(Cc1ccc(C(=O)O)s1)c1ccccc1F. The Morgan fingerprint density at radius 2 is 2.06 bits per heavy atom. The second kappa shape index (κ2) is 5.18. The van der Waals surface area contributed by atoms with Gasteiger partial charge in [-0.25, -0.2) is 9.18 Å². The molecule has 0 unspecified atom stereocenters.